The molecule has 0 saturated heterocycles. The molecule has 3 aromatic rings. The Morgan fingerprint density at radius 1 is 0.810 bits per heavy atom. The van der Waals surface area contributed by atoms with Crippen LogP contribution in [0, 0.1) is 41.5 Å². The molecule has 0 unspecified atom stereocenters. The molecule has 0 spiro atoms. The molecule has 0 atom stereocenters. The predicted octanol–water partition coefficient (Wildman–Crippen LogP) is 3.64. The van der Waals surface area contributed by atoms with E-state index in [4.69, 9.17) is 0 Å². The first-order valence-electron chi connectivity index (χ1n) is 7.16. The van der Waals surface area contributed by atoms with E-state index < -0.39 is 0 Å². The minimum Gasteiger partial charge on any atom is -0.216 e. The van der Waals surface area contributed by atoms with E-state index in [9.17, 15) is 0 Å². The summed E-state index contributed by atoms with van der Waals surface area (Å²) in [5.74, 6) is 0.645. The van der Waals surface area contributed by atoms with Gasteiger partial charge < -0.3 is 0 Å². The molecular weight excluding hydrogens is 260 g/mol. The molecule has 0 aliphatic rings. The third-order valence-corrected chi connectivity index (χ3v) is 4.73. The Balaban J connectivity index is 2.40. The summed E-state index contributed by atoms with van der Waals surface area (Å²) in [6.45, 7) is 13.0. The van der Waals surface area contributed by atoms with Crippen molar-refractivity contribution in [2.75, 3.05) is 0 Å². The van der Waals surface area contributed by atoms with Crippen molar-refractivity contribution in [3.8, 4) is 11.1 Å². The molecule has 2 heterocycles. The van der Waals surface area contributed by atoms with E-state index in [0.29, 0.717) is 5.78 Å². The van der Waals surface area contributed by atoms with Gasteiger partial charge in [0.15, 0.2) is 0 Å². The summed E-state index contributed by atoms with van der Waals surface area (Å²) < 4.78 is 1.74. The molecule has 4 nitrogen and oxygen atoms in total. The fraction of sp³-hybridized carbons (Fsp3) is 0.353. The van der Waals surface area contributed by atoms with E-state index in [1.807, 2.05) is 13.1 Å². The van der Waals surface area contributed by atoms with Gasteiger partial charge in [-0.3, -0.25) is 0 Å². The minimum atomic E-state index is 0.645. The molecule has 0 aliphatic heterocycles. The summed E-state index contributed by atoms with van der Waals surface area (Å²) in [5.41, 5.74) is 10.1. The Labute approximate surface area is 124 Å². The zero-order valence-electron chi connectivity index (χ0n) is 13.4. The lowest BCUT2D eigenvalue weighted by atomic mass is 9.86. The first kappa shape index (κ1) is 13.7. The Hall–Kier alpha value is -2.23. The summed E-state index contributed by atoms with van der Waals surface area (Å²) in [7, 11) is 0. The van der Waals surface area contributed by atoms with Gasteiger partial charge in [-0.2, -0.15) is 10.1 Å². The fourth-order valence-electron chi connectivity index (χ4n) is 2.99. The van der Waals surface area contributed by atoms with Crippen LogP contribution in [0.3, 0.4) is 0 Å². The molecule has 1 aromatic carbocycles. The first-order chi connectivity index (χ1) is 9.91. The molecule has 21 heavy (non-hydrogen) atoms. The summed E-state index contributed by atoms with van der Waals surface area (Å²) in [4.78, 5) is 8.71. The van der Waals surface area contributed by atoms with Gasteiger partial charge in [0, 0.05) is 11.8 Å². The van der Waals surface area contributed by atoms with Crippen molar-refractivity contribution >= 4 is 5.78 Å². The number of fused-ring (bicyclic) bond motifs is 1. The molecular formula is C17H20N4. The maximum atomic E-state index is 4.57. The van der Waals surface area contributed by atoms with E-state index in [1.54, 1.807) is 4.52 Å². The lowest BCUT2D eigenvalue weighted by Crippen LogP contribution is -2.03. The van der Waals surface area contributed by atoms with Gasteiger partial charge in [-0.15, -0.1) is 0 Å². The molecule has 0 bridgehead atoms. The van der Waals surface area contributed by atoms with Crippen LogP contribution in [0.1, 0.15) is 33.5 Å². The SMILES string of the molecule is Cc1nc2ncnn2cc1-c1c(C)c(C)c(C)c(C)c1C. The van der Waals surface area contributed by atoms with E-state index in [1.165, 1.54) is 39.7 Å². The molecule has 4 heteroatoms. The molecule has 0 N–H and O–H groups in total. The van der Waals surface area contributed by atoms with Crippen LogP contribution >= 0.6 is 0 Å². The van der Waals surface area contributed by atoms with E-state index in [2.05, 4.69) is 49.7 Å². The minimum absolute atomic E-state index is 0.645. The van der Waals surface area contributed by atoms with Crippen molar-refractivity contribution in [1.29, 1.82) is 0 Å². The van der Waals surface area contributed by atoms with Gasteiger partial charge in [-0.1, -0.05) is 0 Å². The molecule has 108 valence electrons. The van der Waals surface area contributed by atoms with Crippen LogP contribution in [0.25, 0.3) is 16.9 Å². The normalized spacial score (nSPS) is 11.3. The fourth-order valence-corrected chi connectivity index (χ4v) is 2.99. The van der Waals surface area contributed by atoms with E-state index in [-0.39, 0.29) is 0 Å². The quantitative estimate of drug-likeness (QED) is 0.683. The maximum Gasteiger partial charge on any atom is 0.252 e. The second-order valence-electron chi connectivity index (χ2n) is 5.74. The number of aryl methyl sites for hydroxylation is 1. The molecule has 0 radical (unpaired) electrons. The summed E-state index contributed by atoms with van der Waals surface area (Å²) in [5, 5.41) is 4.21. The van der Waals surface area contributed by atoms with E-state index >= 15 is 0 Å². The number of hydrogen-bond donors (Lipinski definition) is 0. The third-order valence-electron chi connectivity index (χ3n) is 4.73. The molecule has 3 rings (SSSR count). The lowest BCUT2D eigenvalue weighted by molar-refractivity contribution is 0.930. The highest BCUT2D eigenvalue weighted by Crippen LogP contribution is 2.35. The van der Waals surface area contributed by atoms with Crippen molar-refractivity contribution in [3.05, 3.63) is 46.0 Å². The van der Waals surface area contributed by atoms with Gasteiger partial charge in [-0.25, -0.2) is 9.50 Å². The summed E-state index contributed by atoms with van der Waals surface area (Å²) in [6.07, 6.45) is 3.57. The number of rotatable bonds is 1. The lowest BCUT2D eigenvalue weighted by Gasteiger charge is -2.19. The third kappa shape index (κ3) is 1.94. The highest BCUT2D eigenvalue weighted by molar-refractivity contribution is 5.76. The van der Waals surface area contributed by atoms with Crippen LogP contribution in [0.2, 0.25) is 0 Å². The van der Waals surface area contributed by atoms with E-state index in [0.717, 1.165) is 11.3 Å². The Kier molecular flexibility index (Phi) is 3.04. The van der Waals surface area contributed by atoms with Crippen LogP contribution in [0.5, 0.6) is 0 Å². The Morgan fingerprint density at radius 3 is 2.00 bits per heavy atom. The number of benzene rings is 1. The second kappa shape index (κ2) is 4.65. The molecule has 0 amide bonds. The van der Waals surface area contributed by atoms with Crippen LogP contribution in [0.4, 0.5) is 0 Å². The molecule has 0 aliphatic carbocycles. The number of aromatic nitrogens is 4. The van der Waals surface area contributed by atoms with Gasteiger partial charge in [0.1, 0.15) is 6.33 Å². The summed E-state index contributed by atoms with van der Waals surface area (Å²) in [6, 6.07) is 0. The van der Waals surface area contributed by atoms with Crippen LogP contribution in [-0.2, 0) is 0 Å². The van der Waals surface area contributed by atoms with Crippen molar-refractivity contribution in [1.82, 2.24) is 19.6 Å². The predicted molar refractivity (Wildman–Crippen MR) is 84.6 cm³/mol. The highest BCUT2D eigenvalue weighted by Gasteiger charge is 2.17. The number of nitrogens with zero attached hydrogens (tertiary/aromatic N) is 4. The average Bonchev–Trinajstić information content (AvgIpc) is 2.90. The van der Waals surface area contributed by atoms with Crippen molar-refractivity contribution in [2.45, 2.75) is 41.5 Å². The Morgan fingerprint density at radius 2 is 1.38 bits per heavy atom. The molecule has 2 aromatic heterocycles. The molecule has 0 fully saturated rings. The second-order valence-corrected chi connectivity index (χ2v) is 5.74. The standard InChI is InChI=1S/C17H20N4/c1-9-10(2)12(4)16(13(5)11(9)3)15-7-21-17(18-8-19-21)20-14(15)6/h7-8H,1-6H3. The van der Waals surface area contributed by atoms with Gasteiger partial charge in [-0.05, 0) is 74.9 Å². The Bertz CT molecular complexity index is 830. The zero-order chi connectivity index (χ0) is 15.3. The maximum absolute atomic E-state index is 4.57. The largest absolute Gasteiger partial charge is 0.252 e. The van der Waals surface area contributed by atoms with Gasteiger partial charge in [0.05, 0.1) is 5.69 Å². The smallest absolute Gasteiger partial charge is 0.216 e. The zero-order valence-corrected chi connectivity index (χ0v) is 13.4. The van der Waals surface area contributed by atoms with Crippen LogP contribution in [-0.4, -0.2) is 19.6 Å². The first-order valence-corrected chi connectivity index (χ1v) is 7.16. The molecule has 0 saturated carbocycles. The highest BCUT2D eigenvalue weighted by atomic mass is 15.3. The van der Waals surface area contributed by atoms with Gasteiger partial charge in [0.2, 0.25) is 0 Å². The van der Waals surface area contributed by atoms with Crippen LogP contribution < -0.4 is 0 Å². The van der Waals surface area contributed by atoms with Gasteiger partial charge in [0.25, 0.3) is 5.78 Å². The van der Waals surface area contributed by atoms with Crippen molar-refractivity contribution in [2.24, 2.45) is 0 Å². The van der Waals surface area contributed by atoms with Crippen molar-refractivity contribution in [3.63, 3.8) is 0 Å². The summed E-state index contributed by atoms with van der Waals surface area (Å²) >= 11 is 0. The average molecular weight is 280 g/mol. The van der Waals surface area contributed by atoms with Gasteiger partial charge >= 0.3 is 0 Å². The van der Waals surface area contributed by atoms with Crippen LogP contribution in [0.15, 0.2) is 12.5 Å². The topological polar surface area (TPSA) is 43.1 Å². The number of hydrogen-bond acceptors (Lipinski definition) is 3. The van der Waals surface area contributed by atoms with Crippen molar-refractivity contribution < 1.29 is 0 Å². The monoisotopic (exact) mass is 280 g/mol.